The quantitative estimate of drug-likeness (QED) is 0.376. The van der Waals surface area contributed by atoms with Crippen LogP contribution in [0.2, 0.25) is 0 Å². The summed E-state index contributed by atoms with van der Waals surface area (Å²) < 4.78 is 5.80. The maximum absolute atomic E-state index is 5.80. The molecule has 12 heavy (non-hydrogen) atoms. The molecule has 0 amide bonds. The zero-order valence-corrected chi connectivity index (χ0v) is 12.6. The fraction of sp³-hybridized carbons (Fsp3) is 0.889. The van der Waals surface area contributed by atoms with Crippen LogP contribution in [0.3, 0.4) is 0 Å². The molecule has 1 saturated carbocycles. The Morgan fingerprint density at radius 1 is 1.25 bits per heavy atom. The predicted molar refractivity (Wildman–Crippen MR) is 54.7 cm³/mol. The van der Waals surface area contributed by atoms with Crippen LogP contribution in [-0.4, -0.2) is 12.2 Å². The van der Waals surface area contributed by atoms with E-state index in [1.54, 1.807) is 0 Å². The van der Waals surface area contributed by atoms with Crippen LogP contribution in [0.5, 0.6) is 0 Å². The van der Waals surface area contributed by atoms with Gasteiger partial charge in [-0.1, -0.05) is 12.8 Å². The van der Waals surface area contributed by atoms with Crippen molar-refractivity contribution in [1.29, 1.82) is 0 Å². The van der Waals surface area contributed by atoms with Crippen LogP contribution in [0.4, 0.5) is 0 Å². The molecule has 66 valence electrons. The van der Waals surface area contributed by atoms with Crippen LogP contribution in [0, 0.1) is 6.42 Å². The average molecular weight is 332 g/mol. The second-order valence-corrected chi connectivity index (χ2v) is 3.52. The first kappa shape index (κ1) is 11.4. The molecule has 0 aromatic rings. The monoisotopic (exact) mass is 330 g/mol. The first-order chi connectivity index (χ1) is 5.91. The Labute approximate surface area is 95.9 Å². The number of hydrogen-bond acceptors (Lipinski definition) is 1. The third-order valence-corrected chi connectivity index (χ3v) is 2.76. The molecule has 1 aliphatic heterocycles. The van der Waals surface area contributed by atoms with Gasteiger partial charge in [-0.2, -0.15) is 6.42 Å². The van der Waals surface area contributed by atoms with Gasteiger partial charge in [0, 0.05) is 12.2 Å². The number of ether oxygens (including phenoxy) is 1. The van der Waals surface area contributed by atoms with E-state index in [1.807, 2.05) is 0 Å². The zero-order chi connectivity index (χ0) is 8.86. The van der Waals surface area contributed by atoms with Gasteiger partial charge in [-0.3, -0.25) is 0 Å². The van der Waals surface area contributed by atoms with Gasteiger partial charge in [0.15, 0.2) is 0 Å². The Kier molecular flexibility index (Phi) is 5.62. The van der Waals surface area contributed by atoms with Crippen LogP contribution in [-0.2, 0) is 19.5 Å². The summed E-state index contributed by atoms with van der Waals surface area (Å²) in [7, 11) is 0. The molecular formula is C9H15IOZn. The Bertz CT molecular complexity index is 116. The second-order valence-electron chi connectivity index (χ2n) is 3.52. The first-order valence-electron chi connectivity index (χ1n) is 4.64. The minimum atomic E-state index is 0.318. The van der Waals surface area contributed by atoms with E-state index < -0.39 is 0 Å². The SMILES string of the molecule is [CH-]1CCOC2(C1)CCCC2.[Zn+][I]. The fourth-order valence-electron chi connectivity index (χ4n) is 2.15. The predicted octanol–water partition coefficient (Wildman–Crippen LogP) is 3.20. The first-order valence-corrected chi connectivity index (χ1v) is 13.7. The molecule has 3 heteroatoms. The fourth-order valence-corrected chi connectivity index (χ4v) is 2.15. The summed E-state index contributed by atoms with van der Waals surface area (Å²) in [5.41, 5.74) is 0.318. The molecule has 2 aliphatic rings. The normalized spacial score (nSPS) is 26.6. The molecule has 1 nitrogen and oxygen atoms in total. The summed E-state index contributed by atoms with van der Waals surface area (Å²) in [6.45, 7) is 0.972. The molecule has 0 N–H and O–H groups in total. The summed E-state index contributed by atoms with van der Waals surface area (Å²) in [4.78, 5) is 0. The molecule has 2 fully saturated rings. The number of halogens is 1. The summed E-state index contributed by atoms with van der Waals surface area (Å²) in [6.07, 6.45) is 10.2. The second kappa shape index (κ2) is 5.92. The van der Waals surface area contributed by atoms with Crippen molar-refractivity contribution < 1.29 is 19.5 Å². The van der Waals surface area contributed by atoms with Gasteiger partial charge in [0.1, 0.15) is 0 Å². The van der Waals surface area contributed by atoms with E-state index >= 15 is 0 Å². The van der Waals surface area contributed by atoms with Gasteiger partial charge in [-0.05, 0) is 12.8 Å². The summed E-state index contributed by atoms with van der Waals surface area (Å²) in [6, 6.07) is 0. The average Bonchev–Trinajstić information content (AvgIpc) is 2.58. The van der Waals surface area contributed by atoms with Gasteiger partial charge < -0.3 is 11.2 Å². The topological polar surface area (TPSA) is 9.23 Å². The van der Waals surface area contributed by atoms with E-state index in [-0.39, 0.29) is 0 Å². The van der Waals surface area contributed by atoms with Gasteiger partial charge in [0.05, 0.1) is 0 Å². The van der Waals surface area contributed by atoms with Crippen molar-refractivity contribution in [2.24, 2.45) is 0 Å². The van der Waals surface area contributed by atoms with Crippen LogP contribution >= 0.6 is 19.8 Å². The van der Waals surface area contributed by atoms with Crippen LogP contribution in [0.15, 0.2) is 0 Å². The van der Waals surface area contributed by atoms with Crippen molar-refractivity contribution in [1.82, 2.24) is 0 Å². The van der Waals surface area contributed by atoms with Crippen molar-refractivity contribution in [2.75, 3.05) is 6.61 Å². The molecule has 1 aliphatic carbocycles. The van der Waals surface area contributed by atoms with Crippen molar-refractivity contribution in [3.05, 3.63) is 6.42 Å². The molecule has 0 aromatic heterocycles. The van der Waals surface area contributed by atoms with Gasteiger partial charge in [0.2, 0.25) is 0 Å². The molecule has 1 heterocycles. The Morgan fingerprint density at radius 3 is 2.42 bits per heavy atom. The third-order valence-electron chi connectivity index (χ3n) is 2.76. The number of hydrogen-bond donors (Lipinski definition) is 0. The van der Waals surface area contributed by atoms with Gasteiger partial charge >= 0.3 is 34.5 Å². The standard InChI is InChI=1S/C9H15O.HI.Zn/c1-2-6-9(5-1)7-3-4-8-10-9;;/h3H,1-2,4-8H2;1H;/q-1;;+2/p-1. The van der Waals surface area contributed by atoms with Gasteiger partial charge in [0.25, 0.3) is 0 Å². The van der Waals surface area contributed by atoms with Gasteiger partial charge in [-0.15, -0.1) is 6.42 Å². The number of rotatable bonds is 0. The van der Waals surface area contributed by atoms with E-state index in [4.69, 9.17) is 4.74 Å². The maximum atomic E-state index is 5.80. The van der Waals surface area contributed by atoms with Crippen LogP contribution < -0.4 is 0 Å². The molecule has 0 aromatic carbocycles. The van der Waals surface area contributed by atoms with E-state index in [0.717, 1.165) is 6.61 Å². The van der Waals surface area contributed by atoms with Crippen molar-refractivity contribution in [3.63, 3.8) is 0 Å². The Balaban J connectivity index is 0.000000336. The van der Waals surface area contributed by atoms with Crippen LogP contribution in [0.1, 0.15) is 38.5 Å². The molecule has 0 radical (unpaired) electrons. The van der Waals surface area contributed by atoms with Crippen molar-refractivity contribution >= 4 is 19.8 Å². The molecule has 0 atom stereocenters. The summed E-state index contributed by atoms with van der Waals surface area (Å²) in [5.74, 6) is 0. The summed E-state index contributed by atoms with van der Waals surface area (Å²) >= 11 is 3.62. The van der Waals surface area contributed by atoms with E-state index in [2.05, 4.69) is 26.2 Å². The molecule has 0 bridgehead atoms. The van der Waals surface area contributed by atoms with Gasteiger partial charge in [-0.25, -0.2) is 0 Å². The van der Waals surface area contributed by atoms with Crippen molar-refractivity contribution in [3.8, 4) is 0 Å². The molecule has 2 rings (SSSR count). The Hall–Kier alpha value is 1.31. The molecule has 1 spiro atoms. The summed E-state index contributed by atoms with van der Waals surface area (Å²) in [5, 5.41) is 0. The van der Waals surface area contributed by atoms with Crippen molar-refractivity contribution in [2.45, 2.75) is 44.1 Å². The van der Waals surface area contributed by atoms with E-state index in [0.29, 0.717) is 5.60 Å². The Morgan fingerprint density at radius 2 is 1.92 bits per heavy atom. The van der Waals surface area contributed by atoms with Crippen LogP contribution in [0.25, 0.3) is 0 Å². The third kappa shape index (κ3) is 2.92. The minimum absolute atomic E-state index is 0.318. The van der Waals surface area contributed by atoms with E-state index in [9.17, 15) is 0 Å². The molecular weight excluding hydrogens is 316 g/mol. The van der Waals surface area contributed by atoms with E-state index in [1.165, 1.54) is 53.3 Å². The molecule has 1 saturated heterocycles. The zero-order valence-electron chi connectivity index (χ0n) is 7.52. The molecule has 0 unspecified atom stereocenters.